The van der Waals surface area contributed by atoms with Crippen molar-refractivity contribution >= 4 is 0 Å². The summed E-state index contributed by atoms with van der Waals surface area (Å²) in [4.78, 5) is 0. The van der Waals surface area contributed by atoms with Crippen molar-refractivity contribution in [2.45, 2.75) is 39.0 Å². The lowest BCUT2D eigenvalue weighted by Crippen LogP contribution is -2.38. The molecule has 2 N–H and O–H groups in total. The van der Waals surface area contributed by atoms with E-state index in [-0.39, 0.29) is 18.2 Å². The molecule has 14 heavy (non-hydrogen) atoms. The van der Waals surface area contributed by atoms with Gasteiger partial charge in [-0.25, -0.2) is 0 Å². The predicted molar refractivity (Wildman–Crippen MR) is 51.7 cm³/mol. The van der Waals surface area contributed by atoms with Gasteiger partial charge >= 0.3 is 0 Å². The third-order valence-electron chi connectivity index (χ3n) is 2.34. The topological polar surface area (TPSA) is 75.7 Å². The Hall–Kier alpha value is -1.01. The van der Waals surface area contributed by atoms with Gasteiger partial charge in [0.05, 0.1) is 12.1 Å². The first-order valence-electron chi connectivity index (χ1n) is 4.67. The number of hydrogen-bond acceptors (Lipinski definition) is 5. The number of H-pyrrole nitrogens is 1. The average molecular weight is 199 g/mol. The summed E-state index contributed by atoms with van der Waals surface area (Å²) in [6.07, 6.45) is 0.157. The zero-order valence-corrected chi connectivity index (χ0v) is 8.98. The molecule has 6 nitrogen and oxygen atoms in total. The van der Waals surface area contributed by atoms with Crippen molar-refractivity contribution in [1.29, 1.82) is 0 Å². The molecule has 0 aliphatic heterocycles. The molecule has 1 aromatic rings. The van der Waals surface area contributed by atoms with Gasteiger partial charge in [-0.3, -0.25) is 0 Å². The molecule has 1 rings (SSSR count). The van der Waals surface area contributed by atoms with Crippen molar-refractivity contribution in [2.75, 3.05) is 7.11 Å². The van der Waals surface area contributed by atoms with Crippen molar-refractivity contribution in [3.05, 3.63) is 5.82 Å². The van der Waals surface area contributed by atoms with Crippen molar-refractivity contribution in [3.63, 3.8) is 0 Å². The summed E-state index contributed by atoms with van der Waals surface area (Å²) in [7, 11) is 1.70. The fourth-order valence-electron chi connectivity index (χ4n) is 1.16. The lowest BCUT2D eigenvalue weighted by atomic mass is 10.2. The zero-order valence-electron chi connectivity index (χ0n) is 8.98. The van der Waals surface area contributed by atoms with E-state index in [0.717, 1.165) is 0 Å². The molecule has 80 valence electrons. The molecule has 0 aromatic carbocycles. The average Bonchev–Trinajstić information content (AvgIpc) is 2.69. The fourth-order valence-corrected chi connectivity index (χ4v) is 1.16. The van der Waals surface area contributed by atoms with Crippen LogP contribution in [0.1, 0.15) is 32.6 Å². The van der Waals surface area contributed by atoms with E-state index in [0.29, 0.717) is 5.82 Å². The standard InChI is InChI=1S/C8H17N5O/c1-5(7(3)14-4)9-6(2)8-10-12-13-11-8/h5-7,9H,1-4H3,(H,10,11,12,13). The van der Waals surface area contributed by atoms with Crippen molar-refractivity contribution in [3.8, 4) is 0 Å². The Morgan fingerprint density at radius 2 is 2.07 bits per heavy atom. The Labute approximate surface area is 83.4 Å². The lowest BCUT2D eigenvalue weighted by molar-refractivity contribution is 0.0848. The molecule has 0 fully saturated rings. The minimum Gasteiger partial charge on any atom is -0.380 e. The second kappa shape index (κ2) is 5.02. The van der Waals surface area contributed by atoms with E-state index >= 15 is 0 Å². The zero-order chi connectivity index (χ0) is 10.6. The predicted octanol–water partition coefficient (Wildman–Crippen LogP) is 0.274. The number of aromatic amines is 1. The number of ether oxygens (including phenoxy) is 1. The highest BCUT2D eigenvalue weighted by atomic mass is 16.5. The monoisotopic (exact) mass is 199 g/mol. The van der Waals surface area contributed by atoms with Gasteiger partial charge in [0.2, 0.25) is 0 Å². The van der Waals surface area contributed by atoms with Crippen LogP contribution in [0, 0.1) is 0 Å². The summed E-state index contributed by atoms with van der Waals surface area (Å²) in [5.41, 5.74) is 0. The lowest BCUT2D eigenvalue weighted by Gasteiger charge is -2.22. The largest absolute Gasteiger partial charge is 0.380 e. The summed E-state index contributed by atoms with van der Waals surface area (Å²) in [5, 5.41) is 17.1. The van der Waals surface area contributed by atoms with E-state index in [9.17, 15) is 0 Å². The van der Waals surface area contributed by atoms with Gasteiger partial charge in [0, 0.05) is 13.2 Å². The maximum atomic E-state index is 5.20. The summed E-state index contributed by atoms with van der Waals surface area (Å²) >= 11 is 0. The van der Waals surface area contributed by atoms with Crippen LogP contribution in [0.15, 0.2) is 0 Å². The summed E-state index contributed by atoms with van der Waals surface area (Å²) in [5.74, 6) is 0.667. The summed E-state index contributed by atoms with van der Waals surface area (Å²) < 4.78 is 5.20. The van der Waals surface area contributed by atoms with Crippen LogP contribution in [-0.4, -0.2) is 39.9 Å². The van der Waals surface area contributed by atoms with Crippen molar-refractivity contribution < 1.29 is 4.74 Å². The summed E-state index contributed by atoms with van der Waals surface area (Å²) in [6, 6.07) is 0.315. The SMILES string of the molecule is COC(C)C(C)NC(C)c1nn[nH]n1. The molecule has 1 heterocycles. The molecule has 0 amide bonds. The van der Waals surface area contributed by atoms with E-state index in [2.05, 4.69) is 32.9 Å². The van der Waals surface area contributed by atoms with Gasteiger partial charge in [0.15, 0.2) is 5.82 Å². The Kier molecular flexibility index (Phi) is 3.97. The van der Waals surface area contributed by atoms with E-state index in [1.165, 1.54) is 0 Å². The summed E-state index contributed by atoms with van der Waals surface area (Å²) in [6.45, 7) is 6.06. The molecule has 3 atom stereocenters. The molecule has 6 heteroatoms. The second-order valence-electron chi connectivity index (χ2n) is 3.39. The highest BCUT2D eigenvalue weighted by Crippen LogP contribution is 2.07. The van der Waals surface area contributed by atoms with Crippen molar-refractivity contribution in [2.24, 2.45) is 0 Å². The normalized spacial score (nSPS) is 17.7. The molecule has 0 bridgehead atoms. The highest BCUT2D eigenvalue weighted by Gasteiger charge is 2.17. The molecule has 1 aromatic heterocycles. The third-order valence-corrected chi connectivity index (χ3v) is 2.34. The number of hydrogen-bond donors (Lipinski definition) is 2. The van der Waals surface area contributed by atoms with Gasteiger partial charge in [0.1, 0.15) is 0 Å². The number of tetrazole rings is 1. The smallest absolute Gasteiger partial charge is 0.191 e. The first-order valence-corrected chi connectivity index (χ1v) is 4.67. The number of nitrogens with zero attached hydrogens (tertiary/aromatic N) is 3. The Morgan fingerprint density at radius 3 is 2.57 bits per heavy atom. The van der Waals surface area contributed by atoms with Crippen LogP contribution in [-0.2, 0) is 4.74 Å². The molecule has 0 saturated heterocycles. The van der Waals surface area contributed by atoms with Crippen LogP contribution < -0.4 is 5.32 Å². The number of aromatic nitrogens is 4. The van der Waals surface area contributed by atoms with Crippen LogP contribution >= 0.6 is 0 Å². The Balaban J connectivity index is 2.44. The van der Waals surface area contributed by atoms with E-state index in [4.69, 9.17) is 4.74 Å². The molecule has 0 saturated carbocycles. The van der Waals surface area contributed by atoms with Crippen molar-refractivity contribution in [1.82, 2.24) is 25.9 Å². The van der Waals surface area contributed by atoms with Crippen LogP contribution in [0.25, 0.3) is 0 Å². The number of rotatable bonds is 5. The van der Waals surface area contributed by atoms with Gasteiger partial charge in [0.25, 0.3) is 0 Å². The minimum atomic E-state index is 0.0707. The fraction of sp³-hybridized carbons (Fsp3) is 0.875. The molecule has 0 radical (unpaired) electrons. The number of nitrogens with one attached hydrogen (secondary N) is 2. The van der Waals surface area contributed by atoms with Gasteiger partial charge in [-0.2, -0.15) is 5.21 Å². The minimum absolute atomic E-state index is 0.0707. The van der Waals surface area contributed by atoms with Gasteiger partial charge in [-0.15, -0.1) is 10.2 Å². The quantitative estimate of drug-likeness (QED) is 0.712. The van der Waals surface area contributed by atoms with E-state index < -0.39 is 0 Å². The Bertz CT molecular complexity index is 250. The molecule has 0 aliphatic rings. The Morgan fingerprint density at radius 1 is 1.36 bits per heavy atom. The van der Waals surface area contributed by atoms with E-state index in [1.807, 2.05) is 13.8 Å². The van der Waals surface area contributed by atoms with Crippen LogP contribution in [0.4, 0.5) is 0 Å². The maximum Gasteiger partial charge on any atom is 0.191 e. The highest BCUT2D eigenvalue weighted by molar-refractivity contribution is 4.88. The van der Waals surface area contributed by atoms with E-state index in [1.54, 1.807) is 7.11 Å². The maximum absolute atomic E-state index is 5.20. The molecule has 3 unspecified atom stereocenters. The molecular weight excluding hydrogens is 182 g/mol. The van der Waals surface area contributed by atoms with Gasteiger partial charge in [-0.1, -0.05) is 5.21 Å². The van der Waals surface area contributed by atoms with Gasteiger partial charge in [-0.05, 0) is 20.8 Å². The molecule has 0 aliphatic carbocycles. The van der Waals surface area contributed by atoms with Crippen LogP contribution in [0.2, 0.25) is 0 Å². The number of methoxy groups -OCH3 is 1. The van der Waals surface area contributed by atoms with Gasteiger partial charge < -0.3 is 10.1 Å². The molecular formula is C8H17N5O. The molecule has 0 spiro atoms. The first-order chi connectivity index (χ1) is 6.65. The van der Waals surface area contributed by atoms with Crippen LogP contribution in [0.5, 0.6) is 0 Å². The third kappa shape index (κ3) is 2.74. The van der Waals surface area contributed by atoms with Crippen LogP contribution in [0.3, 0.4) is 0 Å². The second-order valence-corrected chi connectivity index (χ2v) is 3.39. The first kappa shape index (κ1) is 11.1.